The van der Waals surface area contributed by atoms with E-state index in [0.717, 1.165) is 0 Å². The van der Waals surface area contributed by atoms with Gasteiger partial charge in [0.05, 0.1) is 6.10 Å². The van der Waals surface area contributed by atoms with Crippen molar-refractivity contribution in [3.05, 3.63) is 0 Å². The van der Waals surface area contributed by atoms with E-state index in [2.05, 4.69) is 25.7 Å². The van der Waals surface area contributed by atoms with Crippen molar-refractivity contribution in [1.82, 2.24) is 0 Å². The molecule has 3 nitrogen and oxygen atoms in total. The maximum Gasteiger partial charge on any atom is 0.163 e. The first kappa shape index (κ1) is 11.9. The average Bonchev–Trinajstić information content (AvgIpc) is 2.67. The fourth-order valence-electron chi connectivity index (χ4n) is 3.14. The molecule has 0 aromatic rings. The lowest BCUT2D eigenvalue weighted by atomic mass is 9.63. The Morgan fingerprint density at radius 3 is 2.44 bits per heavy atom. The van der Waals surface area contributed by atoms with Crippen LogP contribution in [-0.4, -0.2) is 33.6 Å². The molecule has 4 atom stereocenters. The smallest absolute Gasteiger partial charge is 0.163 e. The molecule has 3 heteroatoms. The summed E-state index contributed by atoms with van der Waals surface area (Å²) in [6.45, 7) is 7.77. The highest BCUT2D eigenvalue weighted by molar-refractivity contribution is 5.38. The molecule has 2 N–H and O–H groups in total. The van der Waals surface area contributed by atoms with Gasteiger partial charge in [-0.15, -0.1) is 0 Å². The van der Waals surface area contributed by atoms with Gasteiger partial charge in [-0.2, -0.15) is 0 Å². The maximum absolute atomic E-state index is 9.82. The van der Waals surface area contributed by atoms with Crippen LogP contribution in [0.1, 0.15) is 40.5 Å². The van der Waals surface area contributed by atoms with Crippen molar-refractivity contribution in [2.45, 2.75) is 63.9 Å². The first-order chi connectivity index (χ1) is 7.22. The number of fused-ring (bicyclic) bond motifs is 1. The van der Waals surface area contributed by atoms with Crippen molar-refractivity contribution in [3.8, 4) is 11.8 Å². The molecular formula is C13H20O3. The summed E-state index contributed by atoms with van der Waals surface area (Å²) in [6, 6.07) is 0. The molecule has 0 radical (unpaired) electrons. The van der Waals surface area contributed by atoms with Crippen LogP contribution in [0.5, 0.6) is 0 Å². The van der Waals surface area contributed by atoms with Crippen LogP contribution in [0.25, 0.3) is 0 Å². The third-order valence-electron chi connectivity index (χ3n) is 3.86. The van der Waals surface area contributed by atoms with E-state index in [1.165, 1.54) is 0 Å². The Hall–Kier alpha value is -0.560. The number of hydrogen-bond donors (Lipinski definition) is 2. The lowest BCUT2D eigenvalue weighted by molar-refractivity contribution is 0.0541. The molecule has 1 saturated heterocycles. The van der Waals surface area contributed by atoms with Gasteiger partial charge in [0, 0.05) is 11.8 Å². The Kier molecular flexibility index (Phi) is 2.40. The van der Waals surface area contributed by atoms with Crippen LogP contribution < -0.4 is 0 Å². The molecule has 1 aliphatic heterocycles. The molecular weight excluding hydrogens is 204 g/mol. The van der Waals surface area contributed by atoms with E-state index < -0.39 is 11.7 Å². The Morgan fingerprint density at radius 2 is 1.94 bits per heavy atom. The summed E-state index contributed by atoms with van der Waals surface area (Å²) < 4.78 is 5.84. The average molecular weight is 224 g/mol. The molecule has 0 bridgehead atoms. The maximum atomic E-state index is 9.82. The van der Waals surface area contributed by atoms with Crippen molar-refractivity contribution in [2.24, 2.45) is 5.41 Å². The lowest BCUT2D eigenvalue weighted by Gasteiger charge is -2.37. The molecule has 2 fully saturated rings. The van der Waals surface area contributed by atoms with Gasteiger partial charge in [0.1, 0.15) is 11.7 Å². The third kappa shape index (κ3) is 1.48. The second-order valence-corrected chi connectivity index (χ2v) is 5.91. The third-order valence-corrected chi connectivity index (χ3v) is 3.86. The van der Waals surface area contributed by atoms with Gasteiger partial charge >= 0.3 is 0 Å². The molecule has 2 aliphatic rings. The highest BCUT2D eigenvalue weighted by atomic mass is 16.6. The van der Waals surface area contributed by atoms with Crippen LogP contribution in [0.3, 0.4) is 0 Å². The number of hydrogen-bond acceptors (Lipinski definition) is 3. The molecule has 2 rings (SSSR count). The van der Waals surface area contributed by atoms with Gasteiger partial charge in [0.2, 0.25) is 0 Å². The predicted molar refractivity (Wildman–Crippen MR) is 60.7 cm³/mol. The zero-order valence-corrected chi connectivity index (χ0v) is 10.4. The van der Waals surface area contributed by atoms with Crippen LogP contribution >= 0.6 is 0 Å². The van der Waals surface area contributed by atoms with E-state index in [9.17, 15) is 10.2 Å². The largest absolute Gasteiger partial charge is 0.393 e. The Bertz CT molecular complexity index is 363. The van der Waals surface area contributed by atoms with Crippen LogP contribution in [0.2, 0.25) is 0 Å². The number of aliphatic hydroxyl groups excluding tert-OH is 2. The second-order valence-electron chi connectivity index (χ2n) is 5.91. The minimum absolute atomic E-state index is 0.179. The highest BCUT2D eigenvalue weighted by Gasteiger charge is 2.75. The van der Waals surface area contributed by atoms with Crippen LogP contribution in [-0.2, 0) is 4.74 Å². The summed E-state index contributed by atoms with van der Waals surface area (Å²) in [6.07, 6.45) is 0.372. The van der Waals surface area contributed by atoms with Crippen molar-refractivity contribution in [1.29, 1.82) is 0 Å². The van der Waals surface area contributed by atoms with E-state index in [1.54, 1.807) is 6.92 Å². The number of aliphatic hydroxyl groups is 2. The van der Waals surface area contributed by atoms with Gasteiger partial charge in [0.25, 0.3) is 0 Å². The summed E-state index contributed by atoms with van der Waals surface area (Å²) in [5.74, 6) is 5.88. The molecule has 0 amide bonds. The Morgan fingerprint density at radius 1 is 1.31 bits per heavy atom. The Balaban J connectivity index is 2.32. The molecule has 0 spiro atoms. The van der Waals surface area contributed by atoms with Crippen molar-refractivity contribution in [2.75, 3.05) is 0 Å². The monoisotopic (exact) mass is 224 g/mol. The quantitative estimate of drug-likeness (QED) is 0.478. The van der Waals surface area contributed by atoms with E-state index >= 15 is 0 Å². The molecule has 90 valence electrons. The van der Waals surface area contributed by atoms with Crippen LogP contribution in [0.4, 0.5) is 0 Å². The van der Waals surface area contributed by atoms with E-state index in [4.69, 9.17) is 4.74 Å². The molecule has 1 heterocycles. The van der Waals surface area contributed by atoms with E-state index in [-0.39, 0.29) is 17.1 Å². The number of ether oxygens (including phenoxy) is 1. The molecule has 0 aromatic carbocycles. The fourth-order valence-corrected chi connectivity index (χ4v) is 3.14. The van der Waals surface area contributed by atoms with Gasteiger partial charge in [-0.25, -0.2) is 0 Å². The second kappa shape index (κ2) is 3.22. The van der Waals surface area contributed by atoms with Crippen LogP contribution in [0, 0.1) is 17.3 Å². The summed E-state index contributed by atoms with van der Waals surface area (Å²) in [7, 11) is 0. The molecule has 1 unspecified atom stereocenters. The molecule has 1 aliphatic carbocycles. The molecule has 16 heavy (non-hydrogen) atoms. The number of rotatable bonds is 0. The van der Waals surface area contributed by atoms with Gasteiger partial charge in [-0.05, 0) is 20.3 Å². The zero-order chi connectivity index (χ0) is 12.2. The summed E-state index contributed by atoms with van der Waals surface area (Å²) >= 11 is 0. The van der Waals surface area contributed by atoms with Gasteiger partial charge in [-0.3, -0.25) is 0 Å². The normalized spacial score (nSPS) is 46.2. The minimum Gasteiger partial charge on any atom is -0.393 e. The minimum atomic E-state index is -0.634. The SMILES string of the molecule is CC(O)C#C[C@]12O[C@@]1(C)C[C@@H](O)CC2(C)C. The van der Waals surface area contributed by atoms with Crippen LogP contribution in [0.15, 0.2) is 0 Å². The first-order valence-electron chi connectivity index (χ1n) is 5.81. The van der Waals surface area contributed by atoms with Crippen molar-refractivity contribution < 1.29 is 14.9 Å². The topological polar surface area (TPSA) is 53.0 Å². The highest BCUT2D eigenvalue weighted by Crippen LogP contribution is 2.64. The fraction of sp³-hybridized carbons (Fsp3) is 0.846. The van der Waals surface area contributed by atoms with Gasteiger partial charge in [-0.1, -0.05) is 25.7 Å². The van der Waals surface area contributed by atoms with Gasteiger partial charge < -0.3 is 14.9 Å². The standard InChI is InChI=1S/C13H20O3/c1-9(14)5-6-13-11(2,3)7-10(15)8-12(13,4)16-13/h9-10,14-15H,7-8H2,1-4H3/t9?,10-,12-,13+/m0/s1. The predicted octanol–water partition coefficient (Wildman–Crippen LogP) is 1.08. The lowest BCUT2D eigenvalue weighted by Crippen LogP contribution is -2.46. The van der Waals surface area contributed by atoms with E-state index in [1.807, 2.05) is 6.92 Å². The van der Waals surface area contributed by atoms with Crippen molar-refractivity contribution in [3.63, 3.8) is 0 Å². The zero-order valence-electron chi connectivity index (χ0n) is 10.4. The Labute approximate surface area is 96.8 Å². The molecule has 0 aromatic heterocycles. The van der Waals surface area contributed by atoms with Gasteiger partial charge in [0.15, 0.2) is 5.60 Å². The van der Waals surface area contributed by atoms with Crippen molar-refractivity contribution >= 4 is 0 Å². The summed E-state index contributed by atoms with van der Waals surface area (Å²) in [5.41, 5.74) is -1.02. The first-order valence-corrected chi connectivity index (χ1v) is 5.81. The summed E-state index contributed by atoms with van der Waals surface area (Å²) in [5, 5.41) is 19.1. The number of epoxide rings is 1. The molecule has 1 saturated carbocycles. The van der Waals surface area contributed by atoms with E-state index in [0.29, 0.717) is 12.8 Å². The summed E-state index contributed by atoms with van der Waals surface area (Å²) in [4.78, 5) is 0.